The summed E-state index contributed by atoms with van der Waals surface area (Å²) in [5, 5.41) is 13.8. The summed E-state index contributed by atoms with van der Waals surface area (Å²) in [6.45, 7) is 7.16. The normalized spacial score (nSPS) is 10.3. The number of benzene rings is 1. The van der Waals surface area contributed by atoms with E-state index >= 15 is 0 Å². The Morgan fingerprint density at radius 1 is 1.15 bits per heavy atom. The third kappa shape index (κ3) is 6.84. The van der Waals surface area contributed by atoms with Gasteiger partial charge < -0.3 is 15.2 Å². The van der Waals surface area contributed by atoms with E-state index in [4.69, 9.17) is 4.52 Å². The summed E-state index contributed by atoms with van der Waals surface area (Å²) in [6, 6.07) is 11.7. The SMILES string of the molecule is CC(=O)Nc1nc(C)c(-c2ccc(-n3cccn3)cc2)s1.CCCC(=O)Nc1cc(C)on1. The van der Waals surface area contributed by atoms with Crippen LogP contribution in [0.5, 0.6) is 0 Å². The van der Waals surface area contributed by atoms with Crippen LogP contribution in [0.2, 0.25) is 0 Å². The molecule has 10 heteroatoms. The van der Waals surface area contributed by atoms with Gasteiger partial charge in [-0.05, 0) is 44.0 Å². The van der Waals surface area contributed by atoms with Gasteiger partial charge in [0.05, 0.1) is 16.3 Å². The Bertz CT molecular complexity index is 1200. The Balaban J connectivity index is 0.000000218. The molecule has 0 fully saturated rings. The van der Waals surface area contributed by atoms with Crippen LogP contribution in [0.25, 0.3) is 16.1 Å². The Kier molecular flexibility index (Phi) is 8.09. The number of amides is 2. The van der Waals surface area contributed by atoms with Gasteiger partial charge in [-0.3, -0.25) is 9.59 Å². The number of aryl methyl sites for hydroxylation is 2. The van der Waals surface area contributed by atoms with Gasteiger partial charge in [-0.25, -0.2) is 9.67 Å². The lowest BCUT2D eigenvalue weighted by Gasteiger charge is -2.03. The highest BCUT2D eigenvalue weighted by atomic mass is 32.1. The first-order chi connectivity index (χ1) is 15.9. The summed E-state index contributed by atoms with van der Waals surface area (Å²) in [5.41, 5.74) is 3.00. The van der Waals surface area contributed by atoms with Crippen LogP contribution in [0, 0.1) is 13.8 Å². The minimum Gasteiger partial charge on any atom is -0.360 e. The highest BCUT2D eigenvalue weighted by molar-refractivity contribution is 7.19. The fraction of sp³-hybridized carbons (Fsp3) is 0.261. The molecule has 172 valence electrons. The molecular formula is C23H26N6O3S. The van der Waals surface area contributed by atoms with E-state index in [0.717, 1.165) is 28.2 Å². The molecule has 0 saturated heterocycles. The van der Waals surface area contributed by atoms with Gasteiger partial charge in [-0.2, -0.15) is 5.10 Å². The first kappa shape index (κ1) is 23.9. The summed E-state index contributed by atoms with van der Waals surface area (Å²) in [7, 11) is 0. The number of aromatic nitrogens is 4. The highest BCUT2D eigenvalue weighted by Gasteiger charge is 2.11. The van der Waals surface area contributed by atoms with Gasteiger partial charge in [-0.15, -0.1) is 0 Å². The Hall–Kier alpha value is -3.79. The van der Waals surface area contributed by atoms with E-state index in [0.29, 0.717) is 23.1 Å². The number of hydrogen-bond acceptors (Lipinski definition) is 7. The second kappa shape index (κ2) is 11.2. The lowest BCUT2D eigenvalue weighted by atomic mass is 10.1. The van der Waals surface area contributed by atoms with Crippen molar-refractivity contribution in [2.24, 2.45) is 0 Å². The number of carbonyl (C=O) groups is 2. The third-order valence-electron chi connectivity index (χ3n) is 4.35. The van der Waals surface area contributed by atoms with Crippen LogP contribution < -0.4 is 10.6 Å². The average Bonchev–Trinajstić information content (AvgIpc) is 3.51. The number of nitrogens with one attached hydrogen (secondary N) is 2. The lowest BCUT2D eigenvalue weighted by molar-refractivity contribution is -0.116. The summed E-state index contributed by atoms with van der Waals surface area (Å²) >= 11 is 1.48. The zero-order chi connectivity index (χ0) is 23.8. The maximum atomic E-state index is 11.1. The molecule has 9 nitrogen and oxygen atoms in total. The van der Waals surface area contributed by atoms with Crippen LogP contribution in [-0.4, -0.2) is 31.7 Å². The van der Waals surface area contributed by atoms with Crippen molar-refractivity contribution in [3.63, 3.8) is 0 Å². The van der Waals surface area contributed by atoms with Gasteiger partial charge in [0.1, 0.15) is 5.76 Å². The minimum absolute atomic E-state index is 0.0224. The molecule has 0 aliphatic heterocycles. The molecule has 3 heterocycles. The fourth-order valence-electron chi connectivity index (χ4n) is 2.91. The summed E-state index contributed by atoms with van der Waals surface area (Å²) < 4.78 is 6.59. The molecule has 0 radical (unpaired) electrons. The second-order valence-corrected chi connectivity index (χ2v) is 8.23. The lowest BCUT2D eigenvalue weighted by Crippen LogP contribution is -2.10. The second-order valence-electron chi connectivity index (χ2n) is 7.23. The number of hydrogen-bond donors (Lipinski definition) is 2. The van der Waals surface area contributed by atoms with Crippen molar-refractivity contribution in [1.82, 2.24) is 19.9 Å². The van der Waals surface area contributed by atoms with Crippen molar-refractivity contribution < 1.29 is 14.1 Å². The first-order valence-electron chi connectivity index (χ1n) is 10.4. The maximum Gasteiger partial charge on any atom is 0.225 e. The van der Waals surface area contributed by atoms with Gasteiger partial charge in [0.25, 0.3) is 0 Å². The van der Waals surface area contributed by atoms with E-state index in [1.54, 1.807) is 19.2 Å². The van der Waals surface area contributed by atoms with Crippen molar-refractivity contribution in [3.8, 4) is 16.1 Å². The number of thiazole rings is 1. The molecule has 3 aromatic heterocycles. The van der Waals surface area contributed by atoms with E-state index in [9.17, 15) is 9.59 Å². The third-order valence-corrected chi connectivity index (χ3v) is 5.47. The maximum absolute atomic E-state index is 11.1. The standard InChI is InChI=1S/C15H14N4OS.C8H12N2O2/c1-10-14(21-15(17-10)18-11(2)20)12-4-6-13(7-5-12)19-9-3-8-16-19;1-3-4-8(11)9-7-5-6(2)12-10-7/h3-9H,1-2H3,(H,17,18,20);5H,3-4H2,1-2H3,(H,9,10,11). The number of anilines is 2. The zero-order valence-electron chi connectivity index (χ0n) is 19.0. The molecule has 2 N–H and O–H groups in total. The Labute approximate surface area is 195 Å². The van der Waals surface area contributed by atoms with Crippen LogP contribution in [0.15, 0.2) is 53.3 Å². The van der Waals surface area contributed by atoms with Gasteiger partial charge in [0, 0.05) is 31.8 Å². The van der Waals surface area contributed by atoms with Gasteiger partial charge in [-0.1, -0.05) is 35.5 Å². The Morgan fingerprint density at radius 3 is 2.48 bits per heavy atom. The first-order valence-corrected chi connectivity index (χ1v) is 11.3. The largest absolute Gasteiger partial charge is 0.360 e. The van der Waals surface area contributed by atoms with E-state index in [-0.39, 0.29) is 11.8 Å². The van der Waals surface area contributed by atoms with E-state index in [1.165, 1.54) is 18.3 Å². The van der Waals surface area contributed by atoms with Gasteiger partial charge in [0.2, 0.25) is 11.8 Å². The summed E-state index contributed by atoms with van der Waals surface area (Å²) in [5.74, 6) is 1.06. The highest BCUT2D eigenvalue weighted by Crippen LogP contribution is 2.33. The minimum atomic E-state index is -0.107. The number of nitrogens with zero attached hydrogens (tertiary/aromatic N) is 4. The molecule has 0 aliphatic carbocycles. The molecule has 33 heavy (non-hydrogen) atoms. The smallest absolute Gasteiger partial charge is 0.225 e. The molecule has 0 saturated carbocycles. The molecule has 0 bridgehead atoms. The fourth-order valence-corrected chi connectivity index (χ4v) is 3.93. The zero-order valence-corrected chi connectivity index (χ0v) is 19.8. The number of rotatable bonds is 6. The molecule has 0 atom stereocenters. The predicted octanol–water partition coefficient (Wildman–Crippen LogP) is 4.98. The summed E-state index contributed by atoms with van der Waals surface area (Å²) in [6.07, 6.45) is 5.01. The quantitative estimate of drug-likeness (QED) is 0.414. The van der Waals surface area contributed by atoms with Crippen LogP contribution in [0.1, 0.15) is 38.1 Å². The molecular weight excluding hydrogens is 440 g/mol. The summed E-state index contributed by atoms with van der Waals surface area (Å²) in [4.78, 5) is 27.6. The van der Waals surface area contributed by atoms with Crippen molar-refractivity contribution in [1.29, 1.82) is 0 Å². The van der Waals surface area contributed by atoms with Crippen molar-refractivity contribution in [2.45, 2.75) is 40.5 Å². The molecule has 2 amide bonds. The molecule has 0 unspecified atom stereocenters. The van der Waals surface area contributed by atoms with Crippen molar-refractivity contribution >= 4 is 34.1 Å². The molecule has 0 spiro atoms. The van der Waals surface area contributed by atoms with Crippen LogP contribution in [0.3, 0.4) is 0 Å². The molecule has 1 aromatic carbocycles. The average molecular weight is 467 g/mol. The van der Waals surface area contributed by atoms with Crippen LogP contribution in [0.4, 0.5) is 10.9 Å². The molecule has 0 aliphatic rings. The van der Waals surface area contributed by atoms with Crippen molar-refractivity contribution in [2.75, 3.05) is 10.6 Å². The van der Waals surface area contributed by atoms with E-state index in [2.05, 4.69) is 25.9 Å². The molecule has 4 aromatic rings. The van der Waals surface area contributed by atoms with Gasteiger partial charge in [0.15, 0.2) is 10.9 Å². The Morgan fingerprint density at radius 2 is 1.91 bits per heavy atom. The number of carbonyl (C=O) groups excluding carboxylic acids is 2. The van der Waals surface area contributed by atoms with Crippen LogP contribution in [-0.2, 0) is 9.59 Å². The van der Waals surface area contributed by atoms with Crippen LogP contribution >= 0.6 is 11.3 Å². The predicted molar refractivity (Wildman–Crippen MR) is 128 cm³/mol. The van der Waals surface area contributed by atoms with Gasteiger partial charge >= 0.3 is 0 Å². The van der Waals surface area contributed by atoms with E-state index in [1.807, 2.05) is 55.1 Å². The monoisotopic (exact) mass is 466 g/mol. The van der Waals surface area contributed by atoms with E-state index < -0.39 is 0 Å². The van der Waals surface area contributed by atoms with Crippen molar-refractivity contribution in [3.05, 3.63) is 60.2 Å². The topological polar surface area (TPSA) is 115 Å². The molecule has 4 rings (SSSR count).